The van der Waals surface area contributed by atoms with Crippen molar-refractivity contribution >= 4 is 21.4 Å². The highest BCUT2D eigenvalue weighted by molar-refractivity contribution is 7.90. The highest BCUT2D eigenvalue weighted by atomic mass is 35.5. The summed E-state index contributed by atoms with van der Waals surface area (Å²) in [6, 6.07) is 12.4. The van der Waals surface area contributed by atoms with Gasteiger partial charge in [0.05, 0.1) is 16.5 Å². The van der Waals surface area contributed by atoms with Crippen LogP contribution in [-0.2, 0) is 15.6 Å². The van der Waals surface area contributed by atoms with Gasteiger partial charge in [0.2, 0.25) is 0 Å². The average Bonchev–Trinajstić information content (AvgIpc) is 3.17. The zero-order valence-electron chi connectivity index (χ0n) is 14.9. The first-order chi connectivity index (χ1) is 13.5. The van der Waals surface area contributed by atoms with Crippen LogP contribution < -0.4 is 9.47 Å². The van der Waals surface area contributed by atoms with E-state index in [2.05, 4.69) is 15.5 Å². The van der Waals surface area contributed by atoms with Crippen molar-refractivity contribution in [3.05, 3.63) is 58.9 Å². The topological polar surface area (TPSA) is 96.2 Å². The summed E-state index contributed by atoms with van der Waals surface area (Å²) in [6.07, 6.45) is 0. The Hall–Kier alpha value is -2.65. The van der Waals surface area contributed by atoms with E-state index in [0.29, 0.717) is 41.0 Å². The summed E-state index contributed by atoms with van der Waals surface area (Å²) < 4.78 is 38.5. The first-order valence-electron chi connectivity index (χ1n) is 8.59. The molecule has 0 aliphatic carbocycles. The molecule has 3 aromatic rings. The number of hydrogen-bond acceptors (Lipinski definition) is 7. The van der Waals surface area contributed by atoms with E-state index >= 15 is 0 Å². The van der Waals surface area contributed by atoms with Gasteiger partial charge in [0.15, 0.2) is 27.2 Å². The minimum absolute atomic E-state index is 0.230. The number of rotatable bonds is 5. The molecule has 1 atom stereocenters. The van der Waals surface area contributed by atoms with Gasteiger partial charge in [0, 0.05) is 0 Å². The number of benzene rings is 2. The molecule has 10 heteroatoms. The van der Waals surface area contributed by atoms with E-state index in [0.717, 1.165) is 0 Å². The van der Waals surface area contributed by atoms with E-state index in [1.165, 1.54) is 4.68 Å². The van der Waals surface area contributed by atoms with Crippen molar-refractivity contribution in [1.82, 2.24) is 20.2 Å². The lowest BCUT2D eigenvalue weighted by molar-refractivity contribution is 0.171. The van der Waals surface area contributed by atoms with Gasteiger partial charge >= 0.3 is 0 Å². The Morgan fingerprint density at radius 3 is 2.71 bits per heavy atom. The lowest BCUT2D eigenvalue weighted by atomic mass is 10.2. The molecular formula is C18H17ClN4O4S. The van der Waals surface area contributed by atoms with Gasteiger partial charge in [0.25, 0.3) is 0 Å². The van der Waals surface area contributed by atoms with Crippen LogP contribution in [0.15, 0.2) is 42.5 Å². The largest absolute Gasteiger partial charge is 0.486 e. The molecule has 28 heavy (non-hydrogen) atoms. The first kappa shape index (κ1) is 18.7. The fraction of sp³-hybridized carbons (Fsp3) is 0.278. The average molecular weight is 421 g/mol. The maximum Gasteiger partial charge on any atom is 0.179 e. The van der Waals surface area contributed by atoms with E-state index in [9.17, 15) is 8.42 Å². The number of fused-ring (bicyclic) bond motifs is 1. The van der Waals surface area contributed by atoms with Crippen LogP contribution in [0, 0.1) is 0 Å². The Morgan fingerprint density at radius 1 is 1.18 bits per heavy atom. The SMILES string of the molecule is CC(c1nnnn1-c1ccccc1)S(=O)(=O)Cc1cc(Cl)c2c(c1)OCCO2. The van der Waals surface area contributed by atoms with Crippen LogP contribution in [0.3, 0.4) is 0 Å². The number of para-hydroxylation sites is 1. The molecule has 0 fully saturated rings. The van der Waals surface area contributed by atoms with E-state index in [1.54, 1.807) is 31.2 Å². The van der Waals surface area contributed by atoms with Crippen LogP contribution in [0.4, 0.5) is 0 Å². The van der Waals surface area contributed by atoms with Crippen LogP contribution in [0.2, 0.25) is 5.02 Å². The number of sulfone groups is 1. The Bertz CT molecular complexity index is 1100. The summed E-state index contributed by atoms with van der Waals surface area (Å²) in [4.78, 5) is 0. The van der Waals surface area contributed by atoms with Crippen molar-refractivity contribution < 1.29 is 17.9 Å². The molecule has 2 aromatic carbocycles. The molecule has 0 amide bonds. The second-order valence-electron chi connectivity index (χ2n) is 6.34. The number of aromatic nitrogens is 4. The third-order valence-electron chi connectivity index (χ3n) is 4.42. The van der Waals surface area contributed by atoms with Gasteiger partial charge in [0.1, 0.15) is 18.5 Å². The second kappa shape index (κ2) is 7.40. The molecule has 4 rings (SSSR count). The minimum Gasteiger partial charge on any atom is -0.486 e. The Kier molecular flexibility index (Phi) is 4.94. The van der Waals surface area contributed by atoms with Crippen LogP contribution in [0.5, 0.6) is 11.5 Å². The van der Waals surface area contributed by atoms with E-state index in [-0.39, 0.29) is 11.6 Å². The quantitative estimate of drug-likeness (QED) is 0.626. The molecule has 0 spiro atoms. The lowest BCUT2D eigenvalue weighted by Gasteiger charge is -2.20. The highest BCUT2D eigenvalue weighted by Gasteiger charge is 2.29. The smallest absolute Gasteiger partial charge is 0.179 e. The van der Waals surface area contributed by atoms with E-state index < -0.39 is 15.1 Å². The molecule has 146 valence electrons. The first-order valence-corrected chi connectivity index (χ1v) is 10.7. The molecule has 0 saturated heterocycles. The molecule has 0 bridgehead atoms. The number of nitrogens with zero attached hydrogens (tertiary/aromatic N) is 4. The Balaban J connectivity index is 1.63. The van der Waals surface area contributed by atoms with Crippen LogP contribution >= 0.6 is 11.6 Å². The summed E-state index contributed by atoms with van der Waals surface area (Å²) in [5.41, 5.74) is 1.20. The van der Waals surface area contributed by atoms with Gasteiger partial charge in [-0.3, -0.25) is 0 Å². The summed E-state index contributed by atoms with van der Waals surface area (Å²) in [6.45, 7) is 2.37. The minimum atomic E-state index is -3.63. The van der Waals surface area contributed by atoms with Crippen molar-refractivity contribution in [3.63, 3.8) is 0 Å². The van der Waals surface area contributed by atoms with Gasteiger partial charge in [-0.1, -0.05) is 29.8 Å². The molecule has 1 aromatic heterocycles. The zero-order valence-corrected chi connectivity index (χ0v) is 16.5. The molecule has 1 aliphatic rings. The lowest BCUT2D eigenvalue weighted by Crippen LogP contribution is -2.18. The van der Waals surface area contributed by atoms with Crippen molar-refractivity contribution in [2.45, 2.75) is 17.9 Å². The van der Waals surface area contributed by atoms with Crippen molar-refractivity contribution in [1.29, 1.82) is 0 Å². The number of tetrazole rings is 1. The normalized spacial score (nSPS) is 14.6. The molecule has 0 radical (unpaired) electrons. The maximum absolute atomic E-state index is 13.0. The zero-order chi connectivity index (χ0) is 19.7. The highest BCUT2D eigenvalue weighted by Crippen LogP contribution is 2.39. The van der Waals surface area contributed by atoms with Crippen LogP contribution in [0.1, 0.15) is 23.6 Å². The third-order valence-corrected chi connectivity index (χ3v) is 6.73. The molecule has 8 nitrogen and oxygen atoms in total. The standard InChI is InChI=1S/C18H17ClN4O4S/c1-12(18-20-21-22-23(18)14-5-3-2-4-6-14)28(24,25)11-13-9-15(19)17-16(10-13)26-7-8-27-17/h2-6,9-10,12H,7-8,11H2,1H3. The van der Waals surface area contributed by atoms with Gasteiger partial charge in [-0.15, -0.1) is 5.10 Å². The summed E-state index contributed by atoms with van der Waals surface area (Å²) in [5, 5.41) is 10.9. The predicted molar refractivity (Wildman–Crippen MR) is 103 cm³/mol. The van der Waals surface area contributed by atoms with Gasteiger partial charge < -0.3 is 9.47 Å². The predicted octanol–water partition coefficient (Wildman–Crippen LogP) is 2.76. The molecule has 1 unspecified atom stereocenters. The van der Waals surface area contributed by atoms with E-state index in [1.807, 2.05) is 18.2 Å². The summed E-state index contributed by atoms with van der Waals surface area (Å²) >= 11 is 6.22. The second-order valence-corrected chi connectivity index (χ2v) is 9.06. The molecular weight excluding hydrogens is 404 g/mol. The third kappa shape index (κ3) is 3.55. The monoisotopic (exact) mass is 420 g/mol. The number of halogens is 1. The molecule has 0 N–H and O–H groups in total. The molecule has 2 heterocycles. The number of hydrogen-bond donors (Lipinski definition) is 0. The maximum atomic E-state index is 13.0. The fourth-order valence-electron chi connectivity index (χ4n) is 2.97. The van der Waals surface area contributed by atoms with Gasteiger partial charge in [-0.2, -0.15) is 4.68 Å². The Labute approximate surface area is 167 Å². The van der Waals surface area contributed by atoms with Crippen LogP contribution in [0.25, 0.3) is 5.69 Å². The van der Waals surface area contributed by atoms with Gasteiger partial charge in [-0.05, 0) is 47.2 Å². The van der Waals surface area contributed by atoms with Crippen molar-refractivity contribution in [2.75, 3.05) is 13.2 Å². The van der Waals surface area contributed by atoms with Crippen LogP contribution in [-0.4, -0.2) is 41.8 Å². The summed E-state index contributed by atoms with van der Waals surface area (Å²) in [7, 11) is -3.63. The molecule has 0 saturated carbocycles. The summed E-state index contributed by atoms with van der Waals surface area (Å²) in [5.74, 6) is 0.905. The fourth-order valence-corrected chi connectivity index (χ4v) is 4.60. The van der Waals surface area contributed by atoms with E-state index in [4.69, 9.17) is 21.1 Å². The number of ether oxygens (including phenoxy) is 2. The van der Waals surface area contributed by atoms with Crippen molar-refractivity contribution in [2.24, 2.45) is 0 Å². The Morgan fingerprint density at radius 2 is 1.93 bits per heavy atom. The van der Waals surface area contributed by atoms with Crippen molar-refractivity contribution in [3.8, 4) is 17.2 Å². The van der Waals surface area contributed by atoms with Gasteiger partial charge in [-0.25, -0.2) is 8.42 Å². The molecule has 1 aliphatic heterocycles.